The van der Waals surface area contributed by atoms with Crippen molar-refractivity contribution in [2.24, 2.45) is 5.73 Å². The molecule has 0 saturated heterocycles. The number of rotatable bonds is 6. The summed E-state index contributed by atoms with van der Waals surface area (Å²) in [7, 11) is -3.46. The molecular formula is C22H25N2O2S+. The standard InChI is InChI=1S/C22H25N2O2S/c1-2-27(25,26)24(16-8-11-20(17-23)18-24)22-13-7-6-12-21(22)15-14-19-9-4-3-5-10-19/h3-15,18H,2,16-17,23H2,1H3/q+1. The van der Waals surface area contributed by atoms with E-state index in [2.05, 4.69) is 0 Å². The molecule has 0 spiro atoms. The van der Waals surface area contributed by atoms with Gasteiger partial charge in [0.15, 0.2) is 5.69 Å². The Bertz CT molecular complexity index is 992. The summed E-state index contributed by atoms with van der Waals surface area (Å²) in [5.41, 5.74) is 9.32. The van der Waals surface area contributed by atoms with Crippen LogP contribution < -0.4 is 9.62 Å². The molecule has 1 unspecified atom stereocenters. The second-order valence-corrected chi connectivity index (χ2v) is 8.85. The third-order valence-corrected chi connectivity index (χ3v) is 6.95. The quantitative estimate of drug-likeness (QED) is 0.609. The highest BCUT2D eigenvalue weighted by atomic mass is 32.2. The van der Waals surface area contributed by atoms with Crippen molar-refractivity contribution in [1.82, 2.24) is 3.89 Å². The molecule has 0 bridgehead atoms. The van der Waals surface area contributed by atoms with E-state index in [4.69, 9.17) is 5.73 Å². The number of benzene rings is 2. The van der Waals surface area contributed by atoms with Crippen molar-refractivity contribution in [2.45, 2.75) is 6.92 Å². The molecule has 0 fully saturated rings. The predicted octanol–water partition coefficient (Wildman–Crippen LogP) is 3.93. The first kappa shape index (κ1) is 19.3. The van der Waals surface area contributed by atoms with Crippen LogP contribution in [-0.4, -0.2) is 27.3 Å². The summed E-state index contributed by atoms with van der Waals surface area (Å²) >= 11 is 0. The molecule has 2 aromatic carbocycles. The third-order valence-electron chi connectivity index (χ3n) is 4.78. The Balaban J connectivity index is 2.16. The largest absolute Gasteiger partial charge is 0.326 e. The SMILES string of the molecule is CCS(=O)(=O)[N+]1(c2ccccc2C=Cc2ccccc2)C=C(CN)C=CC1. The monoisotopic (exact) mass is 381 g/mol. The molecule has 0 aliphatic carbocycles. The van der Waals surface area contributed by atoms with E-state index < -0.39 is 10.0 Å². The minimum absolute atomic E-state index is 0.0475. The number of hydrogen-bond acceptors (Lipinski definition) is 3. The third kappa shape index (κ3) is 3.81. The topological polar surface area (TPSA) is 60.2 Å². The fourth-order valence-corrected chi connectivity index (χ4v) is 4.85. The van der Waals surface area contributed by atoms with Gasteiger partial charge in [0, 0.05) is 23.7 Å². The first-order chi connectivity index (χ1) is 13.0. The van der Waals surface area contributed by atoms with E-state index in [1.54, 1.807) is 13.1 Å². The Morgan fingerprint density at radius 2 is 1.74 bits per heavy atom. The number of nitrogens with two attached hydrogens (primary N) is 1. The smallest absolute Gasteiger partial charge is 0.306 e. The number of nitrogens with zero attached hydrogens (tertiary/aromatic N) is 1. The van der Waals surface area contributed by atoms with Crippen molar-refractivity contribution in [2.75, 3.05) is 18.8 Å². The lowest BCUT2D eigenvalue weighted by Gasteiger charge is -2.35. The van der Waals surface area contributed by atoms with Gasteiger partial charge in [-0.25, -0.2) is 0 Å². The highest BCUT2D eigenvalue weighted by Gasteiger charge is 2.43. The molecule has 2 aromatic rings. The van der Waals surface area contributed by atoms with Gasteiger partial charge < -0.3 is 5.73 Å². The minimum Gasteiger partial charge on any atom is -0.326 e. The number of para-hydroxylation sites is 1. The molecule has 2 N–H and O–H groups in total. The Morgan fingerprint density at radius 1 is 1.04 bits per heavy atom. The van der Waals surface area contributed by atoms with E-state index in [0.29, 0.717) is 13.1 Å². The first-order valence-electron chi connectivity index (χ1n) is 9.04. The van der Waals surface area contributed by atoms with Crippen LogP contribution in [0.5, 0.6) is 0 Å². The summed E-state index contributed by atoms with van der Waals surface area (Å²) in [4.78, 5) is 0. The van der Waals surface area contributed by atoms with Crippen LogP contribution in [0, 0.1) is 0 Å². The fourth-order valence-electron chi connectivity index (χ4n) is 3.31. The second kappa shape index (κ2) is 8.05. The van der Waals surface area contributed by atoms with Crippen LogP contribution >= 0.6 is 0 Å². The van der Waals surface area contributed by atoms with E-state index in [1.807, 2.05) is 78.9 Å². The molecule has 4 nitrogen and oxygen atoms in total. The zero-order chi connectivity index (χ0) is 19.3. The van der Waals surface area contributed by atoms with E-state index >= 15 is 0 Å². The first-order valence-corrected chi connectivity index (χ1v) is 10.6. The van der Waals surface area contributed by atoms with Crippen LogP contribution in [0.15, 0.2) is 78.5 Å². The van der Waals surface area contributed by atoms with Gasteiger partial charge in [-0.05, 0) is 30.7 Å². The molecule has 1 atom stereocenters. The number of quaternary nitrogens is 1. The van der Waals surface area contributed by atoms with Crippen molar-refractivity contribution in [3.8, 4) is 0 Å². The van der Waals surface area contributed by atoms with Gasteiger partial charge in [0.25, 0.3) is 0 Å². The summed E-state index contributed by atoms with van der Waals surface area (Å²) in [6, 6.07) is 17.6. The lowest BCUT2D eigenvalue weighted by atomic mass is 10.1. The fraction of sp³-hybridized carbons (Fsp3) is 0.182. The lowest BCUT2D eigenvalue weighted by molar-refractivity contribution is 0.510. The molecule has 0 amide bonds. The normalized spacial score (nSPS) is 20.0. The molecular weight excluding hydrogens is 356 g/mol. The van der Waals surface area contributed by atoms with E-state index in [9.17, 15) is 8.42 Å². The molecule has 27 heavy (non-hydrogen) atoms. The maximum Gasteiger partial charge on any atom is 0.306 e. The van der Waals surface area contributed by atoms with Gasteiger partial charge in [-0.15, -0.1) is 0 Å². The van der Waals surface area contributed by atoms with Crippen molar-refractivity contribution < 1.29 is 8.42 Å². The molecule has 3 rings (SSSR count). The van der Waals surface area contributed by atoms with Crippen molar-refractivity contribution >= 4 is 27.9 Å². The Morgan fingerprint density at radius 3 is 2.44 bits per heavy atom. The van der Waals surface area contributed by atoms with Crippen LogP contribution in [0.3, 0.4) is 0 Å². The highest BCUT2D eigenvalue weighted by molar-refractivity contribution is 7.91. The summed E-state index contributed by atoms with van der Waals surface area (Å²) in [6.07, 6.45) is 9.57. The van der Waals surface area contributed by atoms with Crippen LogP contribution in [0.1, 0.15) is 18.1 Å². The van der Waals surface area contributed by atoms with Gasteiger partial charge in [-0.3, -0.25) is 0 Å². The molecule has 1 aliphatic heterocycles. The molecule has 5 heteroatoms. The molecule has 0 radical (unpaired) electrons. The average Bonchev–Trinajstić information content (AvgIpc) is 2.73. The molecule has 140 valence electrons. The van der Waals surface area contributed by atoms with Gasteiger partial charge in [0.1, 0.15) is 12.7 Å². The average molecular weight is 382 g/mol. The predicted molar refractivity (Wildman–Crippen MR) is 114 cm³/mol. The van der Waals surface area contributed by atoms with E-state index in [1.165, 1.54) is 0 Å². The number of sulfonamides is 1. The minimum atomic E-state index is -3.46. The molecule has 0 saturated carbocycles. The maximum absolute atomic E-state index is 13.2. The van der Waals surface area contributed by atoms with Crippen LogP contribution in [0.25, 0.3) is 12.2 Å². The second-order valence-electron chi connectivity index (χ2n) is 6.46. The summed E-state index contributed by atoms with van der Waals surface area (Å²) in [5, 5.41) is 0. The van der Waals surface area contributed by atoms with E-state index in [0.717, 1.165) is 22.4 Å². The van der Waals surface area contributed by atoms with Crippen LogP contribution in [-0.2, 0) is 10.0 Å². The Kier molecular flexibility index (Phi) is 5.75. The van der Waals surface area contributed by atoms with E-state index in [-0.39, 0.29) is 9.64 Å². The van der Waals surface area contributed by atoms with Crippen molar-refractivity contribution in [3.63, 3.8) is 0 Å². The van der Waals surface area contributed by atoms with Crippen LogP contribution in [0.2, 0.25) is 0 Å². The van der Waals surface area contributed by atoms with Gasteiger partial charge in [0.2, 0.25) is 0 Å². The van der Waals surface area contributed by atoms with Gasteiger partial charge >= 0.3 is 10.0 Å². The summed E-state index contributed by atoms with van der Waals surface area (Å²) in [6.45, 7) is 2.35. The summed E-state index contributed by atoms with van der Waals surface area (Å²) in [5.74, 6) is 0.0475. The Labute approximate surface area is 161 Å². The van der Waals surface area contributed by atoms with Gasteiger partial charge in [0.05, 0.1) is 5.75 Å². The summed E-state index contributed by atoms with van der Waals surface area (Å²) < 4.78 is 26.2. The maximum atomic E-state index is 13.2. The van der Waals surface area contributed by atoms with Gasteiger partial charge in [-0.2, -0.15) is 12.3 Å². The molecule has 1 aliphatic rings. The highest BCUT2D eigenvalue weighted by Crippen LogP contribution is 2.36. The number of hydrogen-bond donors (Lipinski definition) is 1. The molecule has 1 heterocycles. The van der Waals surface area contributed by atoms with Crippen molar-refractivity contribution in [1.29, 1.82) is 0 Å². The van der Waals surface area contributed by atoms with Crippen LogP contribution in [0.4, 0.5) is 5.69 Å². The van der Waals surface area contributed by atoms with Gasteiger partial charge in [-0.1, -0.05) is 54.6 Å². The molecule has 0 aromatic heterocycles. The Hall–Kier alpha value is -2.47. The zero-order valence-corrected chi connectivity index (χ0v) is 16.3. The van der Waals surface area contributed by atoms with Crippen molar-refractivity contribution in [3.05, 3.63) is 89.6 Å². The lowest BCUT2D eigenvalue weighted by Crippen LogP contribution is -2.52. The zero-order valence-electron chi connectivity index (χ0n) is 15.5.